The third-order valence-corrected chi connectivity index (χ3v) is 4.82. The van der Waals surface area contributed by atoms with Crippen LogP contribution in [0.2, 0.25) is 0 Å². The van der Waals surface area contributed by atoms with Crippen LogP contribution in [0.4, 0.5) is 5.69 Å². The Morgan fingerprint density at radius 1 is 1.38 bits per heavy atom. The first kappa shape index (κ1) is 22.0. The molecule has 26 heavy (non-hydrogen) atoms. The molecular formula is C17H25N3O4S2. The number of carbonyl (C=O) groups excluding carboxylic acids is 1. The second kappa shape index (κ2) is 9.63. The minimum absolute atomic E-state index is 0.149. The number of ether oxygens (including phenoxy) is 1. The molecule has 1 aromatic carbocycles. The summed E-state index contributed by atoms with van der Waals surface area (Å²) in [5, 5.41) is 3.21. The summed E-state index contributed by atoms with van der Waals surface area (Å²) in [6.07, 6.45) is 1.75. The first-order valence-corrected chi connectivity index (χ1v) is 9.66. The van der Waals surface area contributed by atoms with E-state index in [1.165, 1.54) is 7.11 Å². The summed E-state index contributed by atoms with van der Waals surface area (Å²) in [7, 11) is 0.475. The third-order valence-electron chi connectivity index (χ3n) is 4.05. The number of unbranched alkanes of at least 4 members (excludes halogenated alkanes) is 1. The van der Waals surface area contributed by atoms with Gasteiger partial charge in [-0.1, -0.05) is 19.4 Å². The number of nitrogens with zero attached hydrogens (tertiary/aromatic N) is 2. The number of thiocarbonyl (C=S) groups is 1. The Morgan fingerprint density at radius 3 is 2.54 bits per heavy atom. The lowest BCUT2D eigenvalue weighted by molar-refractivity contribution is -0.132. The smallest absolute Gasteiger partial charge is 0.316 e. The fraction of sp³-hybridized carbons (Fsp3) is 0.529. The molecular weight excluding hydrogens is 374 g/mol. The molecule has 0 bridgehead atoms. The predicted octanol–water partition coefficient (Wildman–Crippen LogP) is 2.80. The van der Waals surface area contributed by atoms with E-state index >= 15 is 0 Å². The average molecular weight is 400 g/mol. The number of benzene rings is 1. The Bertz CT molecular complexity index is 796. The third kappa shape index (κ3) is 5.25. The first-order valence-electron chi connectivity index (χ1n) is 8.22. The fourth-order valence-electron chi connectivity index (χ4n) is 2.44. The zero-order valence-corrected chi connectivity index (χ0v) is 17.3. The maximum Gasteiger partial charge on any atom is 0.316 e. The van der Waals surface area contributed by atoms with Crippen molar-refractivity contribution in [1.82, 2.24) is 10.2 Å². The van der Waals surface area contributed by atoms with Crippen LogP contribution in [0.15, 0.2) is 22.6 Å². The van der Waals surface area contributed by atoms with Crippen LogP contribution in [-0.2, 0) is 20.7 Å². The van der Waals surface area contributed by atoms with E-state index in [0.717, 1.165) is 12.8 Å². The summed E-state index contributed by atoms with van der Waals surface area (Å²) in [4.78, 5) is 14.7. The molecule has 144 valence electrons. The number of rotatable bonds is 7. The molecule has 0 atom stereocenters. The molecule has 1 aromatic rings. The van der Waals surface area contributed by atoms with Gasteiger partial charge in [-0.05, 0) is 50.2 Å². The lowest BCUT2D eigenvalue weighted by Crippen LogP contribution is -2.50. The van der Waals surface area contributed by atoms with Gasteiger partial charge in [0.2, 0.25) is 5.91 Å². The topological polar surface area (TPSA) is 88.1 Å². The first-order chi connectivity index (χ1) is 12.2. The molecule has 9 heteroatoms. The highest BCUT2D eigenvalue weighted by Gasteiger charge is 2.35. The number of hydrogen-bond donors (Lipinski definition) is 1. The molecule has 0 fully saturated rings. The zero-order valence-electron chi connectivity index (χ0n) is 15.7. The summed E-state index contributed by atoms with van der Waals surface area (Å²) < 4.78 is 30.6. The van der Waals surface area contributed by atoms with E-state index in [-0.39, 0.29) is 11.6 Å². The molecule has 0 aliphatic heterocycles. The Hall–Kier alpha value is -2.00. The highest BCUT2D eigenvalue weighted by Crippen LogP contribution is 2.34. The van der Waals surface area contributed by atoms with Crippen LogP contribution in [0, 0.1) is 0 Å². The van der Waals surface area contributed by atoms with E-state index in [1.807, 2.05) is 6.92 Å². The van der Waals surface area contributed by atoms with Crippen molar-refractivity contribution in [2.75, 3.05) is 20.7 Å². The number of nitrogens with one attached hydrogen (secondary N) is 1. The number of carbonyl (C=O) groups is 1. The van der Waals surface area contributed by atoms with Crippen molar-refractivity contribution in [2.24, 2.45) is 4.36 Å². The largest absolute Gasteiger partial charge is 0.494 e. The standard InChI is InChI=1S/C17H25N3O4S2/c1-6-7-10-20(16(25)18-4)15(21)17(2,3)12-8-9-14(24-5)13(11-12)19-26(22)23/h8-9,11H,6-7,10H2,1-5H3,(H,18,25). The van der Waals surface area contributed by atoms with E-state index in [2.05, 4.69) is 9.68 Å². The van der Waals surface area contributed by atoms with E-state index in [0.29, 0.717) is 23.0 Å². The fourth-order valence-corrected chi connectivity index (χ4v) is 2.92. The van der Waals surface area contributed by atoms with Crippen LogP contribution in [0.3, 0.4) is 0 Å². The molecule has 0 aromatic heterocycles. The number of methoxy groups -OCH3 is 1. The Balaban J connectivity index is 3.35. The second-order valence-corrected chi connectivity index (χ2v) is 7.19. The van der Waals surface area contributed by atoms with Crippen molar-refractivity contribution in [1.29, 1.82) is 0 Å². The van der Waals surface area contributed by atoms with Crippen molar-refractivity contribution in [3.05, 3.63) is 23.8 Å². The summed E-state index contributed by atoms with van der Waals surface area (Å²) in [6, 6.07) is 4.87. The van der Waals surface area contributed by atoms with Gasteiger partial charge in [-0.3, -0.25) is 9.69 Å². The Kier molecular flexibility index (Phi) is 8.16. The minimum atomic E-state index is -2.63. The van der Waals surface area contributed by atoms with E-state index in [4.69, 9.17) is 17.0 Å². The Morgan fingerprint density at radius 2 is 2.04 bits per heavy atom. The normalized spacial score (nSPS) is 10.8. The van der Waals surface area contributed by atoms with Gasteiger partial charge < -0.3 is 10.1 Å². The maximum absolute atomic E-state index is 13.2. The van der Waals surface area contributed by atoms with Crippen molar-refractivity contribution in [2.45, 2.75) is 39.0 Å². The van der Waals surface area contributed by atoms with Crippen LogP contribution < -0.4 is 10.1 Å². The average Bonchev–Trinajstić information content (AvgIpc) is 2.60. The summed E-state index contributed by atoms with van der Waals surface area (Å²) in [5.41, 5.74) is -0.168. The maximum atomic E-state index is 13.2. The van der Waals surface area contributed by atoms with Gasteiger partial charge in [0.25, 0.3) is 0 Å². The van der Waals surface area contributed by atoms with Crippen LogP contribution >= 0.6 is 12.2 Å². The molecule has 0 unspecified atom stereocenters. The molecule has 0 saturated heterocycles. The lowest BCUT2D eigenvalue weighted by Gasteiger charge is -2.32. The SMILES string of the molecule is CCCCN(C(=O)C(C)(C)c1ccc(OC)c(N=S(=O)=O)c1)C(=S)NC. The summed E-state index contributed by atoms with van der Waals surface area (Å²) in [5.74, 6) is 0.138. The van der Waals surface area contributed by atoms with E-state index in [9.17, 15) is 13.2 Å². The van der Waals surface area contributed by atoms with Gasteiger partial charge in [-0.2, -0.15) is 8.42 Å². The molecule has 7 nitrogen and oxygen atoms in total. The van der Waals surface area contributed by atoms with Gasteiger partial charge >= 0.3 is 10.5 Å². The van der Waals surface area contributed by atoms with Gasteiger partial charge in [0.15, 0.2) is 5.11 Å². The molecule has 0 aliphatic carbocycles. The van der Waals surface area contributed by atoms with Gasteiger partial charge in [0.05, 0.1) is 12.5 Å². The molecule has 1 amide bonds. The molecule has 1 N–H and O–H groups in total. The van der Waals surface area contributed by atoms with Crippen LogP contribution in [0.5, 0.6) is 5.75 Å². The summed E-state index contributed by atoms with van der Waals surface area (Å²) in [6.45, 7) is 6.09. The lowest BCUT2D eigenvalue weighted by atomic mass is 9.82. The monoisotopic (exact) mass is 399 g/mol. The number of amides is 1. The van der Waals surface area contributed by atoms with Crippen molar-refractivity contribution in [3.8, 4) is 5.75 Å². The molecule has 1 rings (SSSR count). The van der Waals surface area contributed by atoms with Crippen LogP contribution in [0.1, 0.15) is 39.2 Å². The van der Waals surface area contributed by atoms with Crippen molar-refractivity contribution >= 4 is 39.4 Å². The number of hydrogen-bond acceptors (Lipinski definition) is 6. The van der Waals surface area contributed by atoms with E-state index in [1.54, 1.807) is 44.0 Å². The molecule has 0 radical (unpaired) electrons. The predicted molar refractivity (Wildman–Crippen MR) is 105 cm³/mol. The van der Waals surface area contributed by atoms with Gasteiger partial charge in [0.1, 0.15) is 11.4 Å². The van der Waals surface area contributed by atoms with Crippen molar-refractivity contribution in [3.63, 3.8) is 0 Å². The molecule has 0 aliphatic rings. The highest BCUT2D eigenvalue weighted by atomic mass is 32.2. The van der Waals surface area contributed by atoms with E-state index < -0.39 is 15.9 Å². The quantitative estimate of drug-likeness (QED) is 0.710. The zero-order chi connectivity index (χ0) is 19.9. The van der Waals surface area contributed by atoms with Crippen LogP contribution in [-0.4, -0.2) is 45.0 Å². The van der Waals surface area contributed by atoms with Gasteiger partial charge in [-0.25, -0.2) is 0 Å². The summed E-state index contributed by atoms with van der Waals surface area (Å²) >= 11 is 5.28. The molecule has 0 saturated carbocycles. The highest BCUT2D eigenvalue weighted by molar-refractivity contribution is 7.80. The minimum Gasteiger partial charge on any atom is -0.494 e. The van der Waals surface area contributed by atoms with Gasteiger partial charge in [-0.15, -0.1) is 4.36 Å². The van der Waals surface area contributed by atoms with Crippen LogP contribution in [0.25, 0.3) is 0 Å². The van der Waals surface area contributed by atoms with Crippen molar-refractivity contribution < 1.29 is 17.9 Å². The van der Waals surface area contributed by atoms with Gasteiger partial charge in [0, 0.05) is 13.6 Å². The molecule has 0 heterocycles. The molecule has 0 spiro atoms. The second-order valence-electron chi connectivity index (χ2n) is 6.19. The Labute approximate surface area is 161 Å².